The zero-order valence-corrected chi connectivity index (χ0v) is 15.7. The zero-order chi connectivity index (χ0) is 18.1. The number of fused-ring (bicyclic) bond motifs is 1. The topological polar surface area (TPSA) is 34.2 Å². The van der Waals surface area contributed by atoms with Crippen LogP contribution < -0.4 is 19.1 Å². The summed E-state index contributed by atoms with van der Waals surface area (Å²) in [5.74, 6) is 2.26. The van der Waals surface area contributed by atoms with Gasteiger partial charge >= 0.3 is 0 Å². The molecule has 0 radical (unpaired) electrons. The first-order valence-corrected chi connectivity index (χ1v) is 9.15. The number of piperazine rings is 1. The van der Waals surface area contributed by atoms with E-state index in [0.717, 1.165) is 50.0 Å². The van der Waals surface area contributed by atoms with Crippen molar-refractivity contribution in [3.05, 3.63) is 47.0 Å². The number of hydrogen-bond acceptors (Lipinski definition) is 5. The summed E-state index contributed by atoms with van der Waals surface area (Å²) < 4.78 is 16.5. The highest BCUT2D eigenvalue weighted by atomic mass is 16.7. The molecule has 0 N–H and O–H groups in total. The lowest BCUT2D eigenvalue weighted by Gasteiger charge is -2.37. The molecule has 2 aliphatic rings. The van der Waals surface area contributed by atoms with Crippen LogP contribution >= 0.6 is 0 Å². The van der Waals surface area contributed by atoms with Crippen molar-refractivity contribution in [2.24, 2.45) is 0 Å². The van der Waals surface area contributed by atoms with Crippen LogP contribution in [0.2, 0.25) is 0 Å². The molecular weight excluding hydrogens is 328 g/mol. The third-order valence-corrected chi connectivity index (χ3v) is 5.41. The first-order chi connectivity index (χ1) is 12.7. The Bertz CT molecular complexity index is 798. The highest BCUT2D eigenvalue weighted by Gasteiger charge is 2.23. The summed E-state index contributed by atoms with van der Waals surface area (Å²) >= 11 is 0. The molecule has 2 heterocycles. The molecule has 0 saturated carbocycles. The van der Waals surface area contributed by atoms with Crippen LogP contribution in [0.1, 0.15) is 16.7 Å². The smallest absolute Gasteiger partial charge is 0.231 e. The third kappa shape index (κ3) is 3.19. The summed E-state index contributed by atoms with van der Waals surface area (Å²) in [6, 6.07) is 10.7. The van der Waals surface area contributed by atoms with E-state index in [1.165, 1.54) is 22.4 Å². The van der Waals surface area contributed by atoms with E-state index in [2.05, 4.69) is 54.0 Å². The first kappa shape index (κ1) is 17.0. The quantitative estimate of drug-likeness (QED) is 0.841. The molecule has 0 atom stereocenters. The van der Waals surface area contributed by atoms with Gasteiger partial charge in [0, 0.05) is 38.4 Å². The Hall–Kier alpha value is -2.40. The van der Waals surface area contributed by atoms with E-state index in [9.17, 15) is 0 Å². The molecule has 1 fully saturated rings. The van der Waals surface area contributed by atoms with E-state index in [-0.39, 0.29) is 6.79 Å². The largest absolute Gasteiger partial charge is 0.493 e. The average molecular weight is 354 g/mol. The van der Waals surface area contributed by atoms with Gasteiger partial charge in [-0.05, 0) is 48.7 Å². The van der Waals surface area contributed by atoms with Crippen LogP contribution in [-0.4, -0.2) is 45.0 Å². The van der Waals surface area contributed by atoms with Crippen molar-refractivity contribution >= 4 is 5.69 Å². The van der Waals surface area contributed by atoms with Crippen molar-refractivity contribution in [2.45, 2.75) is 20.4 Å². The number of anilines is 1. The molecule has 26 heavy (non-hydrogen) atoms. The second kappa shape index (κ2) is 7.08. The fraction of sp³-hybridized carbons (Fsp3) is 0.429. The molecule has 0 unspecified atom stereocenters. The van der Waals surface area contributed by atoms with Gasteiger partial charge in [-0.25, -0.2) is 0 Å². The van der Waals surface area contributed by atoms with E-state index < -0.39 is 0 Å². The van der Waals surface area contributed by atoms with Crippen molar-refractivity contribution in [1.82, 2.24) is 4.90 Å². The van der Waals surface area contributed by atoms with Crippen molar-refractivity contribution < 1.29 is 14.2 Å². The van der Waals surface area contributed by atoms with Gasteiger partial charge in [-0.2, -0.15) is 0 Å². The second-order valence-electron chi connectivity index (χ2n) is 7.01. The van der Waals surface area contributed by atoms with Gasteiger partial charge in [-0.3, -0.25) is 4.90 Å². The Morgan fingerprint density at radius 3 is 2.62 bits per heavy atom. The van der Waals surface area contributed by atoms with Crippen LogP contribution in [-0.2, 0) is 6.54 Å². The molecule has 2 aromatic rings. The minimum Gasteiger partial charge on any atom is -0.493 e. The van der Waals surface area contributed by atoms with Crippen LogP contribution in [0.25, 0.3) is 0 Å². The Morgan fingerprint density at radius 1 is 1.04 bits per heavy atom. The van der Waals surface area contributed by atoms with Crippen LogP contribution in [0.15, 0.2) is 30.3 Å². The predicted molar refractivity (Wildman–Crippen MR) is 103 cm³/mol. The molecule has 0 aromatic heterocycles. The summed E-state index contributed by atoms with van der Waals surface area (Å²) in [6.07, 6.45) is 0. The summed E-state index contributed by atoms with van der Waals surface area (Å²) in [6.45, 7) is 9.75. The molecule has 1 saturated heterocycles. The fourth-order valence-electron chi connectivity index (χ4n) is 3.76. The monoisotopic (exact) mass is 354 g/mol. The van der Waals surface area contributed by atoms with E-state index in [1.54, 1.807) is 7.11 Å². The highest BCUT2D eigenvalue weighted by molar-refractivity contribution is 5.57. The molecule has 0 spiro atoms. The van der Waals surface area contributed by atoms with Crippen LogP contribution in [0.3, 0.4) is 0 Å². The van der Waals surface area contributed by atoms with Crippen LogP contribution in [0.5, 0.6) is 17.2 Å². The van der Waals surface area contributed by atoms with Gasteiger partial charge in [-0.15, -0.1) is 0 Å². The number of aryl methyl sites for hydroxylation is 1. The van der Waals surface area contributed by atoms with Crippen LogP contribution in [0, 0.1) is 13.8 Å². The van der Waals surface area contributed by atoms with E-state index >= 15 is 0 Å². The van der Waals surface area contributed by atoms with Crippen molar-refractivity contribution in [3.8, 4) is 17.2 Å². The number of rotatable bonds is 4. The summed E-state index contributed by atoms with van der Waals surface area (Å²) in [5.41, 5.74) is 5.32. The lowest BCUT2D eigenvalue weighted by Crippen LogP contribution is -2.46. The Balaban J connectivity index is 1.42. The molecule has 138 valence electrons. The Kier molecular flexibility index (Phi) is 4.64. The predicted octanol–water partition coefficient (Wildman–Crippen LogP) is 3.36. The molecular formula is C21H26N2O3. The zero-order valence-electron chi connectivity index (χ0n) is 15.7. The molecule has 0 bridgehead atoms. The number of methoxy groups -OCH3 is 1. The van der Waals surface area contributed by atoms with Gasteiger partial charge in [-0.1, -0.05) is 12.1 Å². The van der Waals surface area contributed by atoms with Gasteiger partial charge in [0.1, 0.15) is 0 Å². The highest BCUT2D eigenvalue weighted by Crippen LogP contribution is 2.42. The Morgan fingerprint density at radius 2 is 1.85 bits per heavy atom. The third-order valence-electron chi connectivity index (χ3n) is 5.41. The molecule has 5 nitrogen and oxygen atoms in total. The van der Waals surface area contributed by atoms with Gasteiger partial charge < -0.3 is 19.1 Å². The van der Waals surface area contributed by atoms with E-state index in [0.29, 0.717) is 0 Å². The van der Waals surface area contributed by atoms with Gasteiger partial charge in [0.2, 0.25) is 12.5 Å². The minimum atomic E-state index is 0.268. The number of benzene rings is 2. The summed E-state index contributed by atoms with van der Waals surface area (Å²) in [5, 5.41) is 0. The lowest BCUT2D eigenvalue weighted by molar-refractivity contribution is 0.171. The summed E-state index contributed by atoms with van der Waals surface area (Å²) in [4.78, 5) is 4.98. The number of hydrogen-bond donors (Lipinski definition) is 0. The van der Waals surface area contributed by atoms with Crippen molar-refractivity contribution in [3.63, 3.8) is 0 Å². The standard InChI is InChI=1S/C21H26N2O3/c1-15-5-4-6-18(16(15)2)23-9-7-22(8-10-23)13-17-11-19(24-3)21-20(12-17)25-14-26-21/h4-6,11-12H,7-10,13-14H2,1-3H3. The lowest BCUT2D eigenvalue weighted by atomic mass is 10.1. The van der Waals surface area contributed by atoms with Gasteiger partial charge in [0.05, 0.1) is 7.11 Å². The maximum atomic E-state index is 5.54. The second-order valence-corrected chi connectivity index (χ2v) is 7.01. The number of nitrogens with zero attached hydrogens (tertiary/aromatic N) is 2. The normalized spacial score (nSPS) is 16.8. The molecule has 2 aliphatic heterocycles. The van der Waals surface area contributed by atoms with E-state index in [4.69, 9.17) is 14.2 Å². The SMILES string of the molecule is COc1cc(CN2CCN(c3cccc(C)c3C)CC2)cc2c1OCO2. The maximum absolute atomic E-state index is 5.54. The Labute approximate surface area is 155 Å². The summed E-state index contributed by atoms with van der Waals surface area (Å²) in [7, 11) is 1.67. The van der Waals surface area contributed by atoms with Gasteiger partial charge in [0.15, 0.2) is 11.5 Å². The molecule has 0 aliphatic carbocycles. The average Bonchev–Trinajstić information content (AvgIpc) is 3.13. The minimum absolute atomic E-state index is 0.268. The molecule has 2 aromatic carbocycles. The number of ether oxygens (including phenoxy) is 3. The molecule has 0 amide bonds. The first-order valence-electron chi connectivity index (χ1n) is 9.15. The molecule has 4 rings (SSSR count). The van der Waals surface area contributed by atoms with Gasteiger partial charge in [0.25, 0.3) is 0 Å². The van der Waals surface area contributed by atoms with Crippen molar-refractivity contribution in [2.75, 3.05) is 45.0 Å². The van der Waals surface area contributed by atoms with Crippen molar-refractivity contribution in [1.29, 1.82) is 0 Å². The fourth-order valence-corrected chi connectivity index (χ4v) is 3.76. The molecule has 5 heteroatoms. The maximum Gasteiger partial charge on any atom is 0.231 e. The van der Waals surface area contributed by atoms with E-state index in [1.807, 2.05) is 0 Å². The van der Waals surface area contributed by atoms with Crippen LogP contribution in [0.4, 0.5) is 5.69 Å².